The minimum absolute atomic E-state index is 0. The van der Waals surface area contributed by atoms with E-state index < -0.39 is 29.5 Å². The minimum Gasteiger partial charge on any atom is -1.00 e. The number of fused-ring (bicyclic) bond motifs is 1. The fraction of sp³-hybridized carbons (Fsp3) is 0.300. The predicted octanol–water partition coefficient (Wildman–Crippen LogP) is 1.29. The van der Waals surface area contributed by atoms with Crippen LogP contribution in [0.3, 0.4) is 0 Å². The van der Waals surface area contributed by atoms with Gasteiger partial charge in [0.15, 0.2) is 0 Å². The Morgan fingerprint density at radius 2 is 1.19 bits per heavy atom. The molecule has 1 unspecified atom stereocenters. The first kappa shape index (κ1) is 29.0. The van der Waals surface area contributed by atoms with Crippen LogP contribution in [-0.2, 0) is 30.1 Å². The molecule has 2 aromatic carbocycles. The summed E-state index contributed by atoms with van der Waals surface area (Å²) in [6.07, 6.45) is -18.0. The summed E-state index contributed by atoms with van der Waals surface area (Å²) < 4.78 is 120. The fourth-order valence-electron chi connectivity index (χ4n) is 3.68. The molecule has 0 heterocycles. The second-order valence-electron chi connectivity index (χ2n) is 6.95. The van der Waals surface area contributed by atoms with Crippen molar-refractivity contribution in [3.8, 4) is 11.1 Å². The first-order valence-electron chi connectivity index (χ1n) is 8.46. The fourth-order valence-corrected chi connectivity index (χ4v) is 4.50. The van der Waals surface area contributed by atoms with Crippen molar-refractivity contribution >= 4 is 6.08 Å². The Morgan fingerprint density at radius 3 is 1.62 bits per heavy atom. The second kappa shape index (κ2) is 9.34. The second-order valence-corrected chi connectivity index (χ2v) is 8.37. The molecule has 0 fully saturated rings. The molecule has 0 amide bonds. The van der Waals surface area contributed by atoms with Crippen LogP contribution >= 0.6 is 0 Å². The van der Waals surface area contributed by atoms with Crippen molar-refractivity contribution in [2.24, 2.45) is 0 Å². The number of rotatable bonds is 2. The zero-order chi connectivity index (χ0) is 22.7. The molecule has 32 heavy (non-hydrogen) atoms. The summed E-state index contributed by atoms with van der Waals surface area (Å²) in [5.74, 6) is 0. The van der Waals surface area contributed by atoms with Crippen LogP contribution in [0, 0.1) is 0 Å². The maximum absolute atomic E-state index is 13.3. The van der Waals surface area contributed by atoms with E-state index >= 15 is 0 Å². The molecule has 1 aliphatic rings. The number of hydrogen-bond acceptors (Lipinski definition) is 0. The maximum Gasteiger partial charge on any atom is -1.00 e. The molecule has 1 aliphatic carbocycles. The van der Waals surface area contributed by atoms with Crippen molar-refractivity contribution in [1.82, 2.24) is 0 Å². The third kappa shape index (κ3) is 4.39. The molecule has 3 rings (SSSR count). The minimum atomic E-state index is -6.63. The number of allylic oxidation sites excluding steroid dienone is 1. The molecule has 0 saturated carbocycles. The Kier molecular flexibility index (Phi) is 8.48. The van der Waals surface area contributed by atoms with Gasteiger partial charge in [-0.3, -0.25) is 0 Å². The summed E-state index contributed by atoms with van der Waals surface area (Å²) in [4.78, 5) is 0. The van der Waals surface area contributed by atoms with Crippen LogP contribution in [-0.4, -0.2) is 18.5 Å². The number of halogens is 11. The van der Waals surface area contributed by atoms with Crippen molar-refractivity contribution in [2.75, 3.05) is 0 Å². The quantitative estimate of drug-likeness (QED) is 0.467. The van der Waals surface area contributed by atoms with Crippen molar-refractivity contribution in [2.45, 2.75) is 34.5 Å². The monoisotopic (exact) mass is 583 g/mol. The summed E-state index contributed by atoms with van der Waals surface area (Å²) in [6.45, 7) is 1.90. The Hall–Kier alpha value is -0.987. The summed E-state index contributed by atoms with van der Waals surface area (Å²) in [6, 6.07) is 7.41. The molecule has 0 bridgehead atoms. The molecule has 0 aliphatic heterocycles. The maximum atomic E-state index is 13.3. The van der Waals surface area contributed by atoms with Gasteiger partial charge in [-0.15, -0.1) is 0 Å². The SMILES string of the molecule is CC1=Cc2c(-c3ccc(C(C(F)(F)F)(C(F)(F)F)C(F)(F)F)cc3)cccc2[CH]1[Zr+2].[Cl-].[Cl-]. The van der Waals surface area contributed by atoms with E-state index in [0.717, 1.165) is 28.8 Å². The van der Waals surface area contributed by atoms with Crippen LogP contribution in [0.4, 0.5) is 39.5 Å². The number of hydrogen-bond donors (Lipinski definition) is 0. The van der Waals surface area contributed by atoms with Crippen LogP contribution in [0.5, 0.6) is 0 Å². The molecule has 173 valence electrons. The van der Waals surface area contributed by atoms with E-state index in [2.05, 4.69) is 0 Å². The van der Waals surface area contributed by atoms with Crippen molar-refractivity contribution in [1.29, 1.82) is 0 Å². The largest absolute Gasteiger partial charge is 1.00 e. The molecule has 0 spiro atoms. The van der Waals surface area contributed by atoms with Crippen molar-refractivity contribution in [3.63, 3.8) is 0 Å². The average Bonchev–Trinajstić information content (AvgIpc) is 2.87. The Morgan fingerprint density at radius 1 is 0.719 bits per heavy atom. The predicted molar refractivity (Wildman–Crippen MR) is 88.1 cm³/mol. The van der Waals surface area contributed by atoms with E-state index in [1.165, 1.54) is 24.7 Å². The standard InChI is InChI=1S/C20H12F9.2ClH.Zr/c1-11-9-13-3-2-4-15(16(13)10-11)12-5-7-14(8-6-12)17(18(21,22)23,19(24,25)26)20(27,28)29;;;/h2-10H,1H3;2*1H;/q;;;+2/p-2. The third-order valence-electron chi connectivity index (χ3n) is 5.18. The first-order valence-corrected chi connectivity index (χ1v) is 9.88. The summed E-state index contributed by atoms with van der Waals surface area (Å²) in [7, 11) is 0. The van der Waals surface area contributed by atoms with Gasteiger partial charge < -0.3 is 24.8 Å². The van der Waals surface area contributed by atoms with Gasteiger partial charge in [0.25, 0.3) is 0 Å². The van der Waals surface area contributed by atoms with Gasteiger partial charge in [-0.2, -0.15) is 0 Å². The molecular formula is C20H12Cl2F9Zr. The van der Waals surface area contributed by atoms with Crippen LogP contribution in [0.2, 0.25) is 0 Å². The summed E-state index contributed by atoms with van der Waals surface area (Å²) >= 11 is 1.21. The number of benzene rings is 2. The summed E-state index contributed by atoms with van der Waals surface area (Å²) in [5, 5.41) is 0. The van der Waals surface area contributed by atoms with Gasteiger partial charge in [0.1, 0.15) is 0 Å². The van der Waals surface area contributed by atoms with E-state index in [9.17, 15) is 39.5 Å². The molecule has 0 N–H and O–H groups in total. The zero-order valence-corrected chi connectivity index (χ0v) is 19.8. The molecule has 0 radical (unpaired) electrons. The van der Waals surface area contributed by atoms with Gasteiger partial charge in [0, 0.05) is 0 Å². The number of alkyl halides is 9. The Bertz CT molecular complexity index is 954. The van der Waals surface area contributed by atoms with Gasteiger partial charge in [-0.25, -0.2) is 0 Å². The van der Waals surface area contributed by atoms with E-state index in [1.54, 1.807) is 12.1 Å². The van der Waals surface area contributed by atoms with Gasteiger partial charge in [0.05, 0.1) is 0 Å². The van der Waals surface area contributed by atoms with Gasteiger partial charge in [-0.1, -0.05) is 0 Å². The van der Waals surface area contributed by atoms with Crippen molar-refractivity contribution < 1.29 is 89.0 Å². The molecule has 0 saturated heterocycles. The van der Waals surface area contributed by atoms with Crippen LogP contribution < -0.4 is 24.8 Å². The third-order valence-corrected chi connectivity index (χ3v) is 7.07. The summed E-state index contributed by atoms with van der Waals surface area (Å²) in [5.41, 5.74) is -4.36. The van der Waals surface area contributed by atoms with Crippen LogP contribution in [0.1, 0.15) is 27.2 Å². The topological polar surface area (TPSA) is 0 Å². The molecule has 2 aromatic rings. The van der Waals surface area contributed by atoms with Gasteiger partial charge >= 0.3 is 181 Å². The molecule has 0 nitrogen and oxygen atoms in total. The Labute approximate surface area is 204 Å². The zero-order valence-electron chi connectivity index (χ0n) is 15.9. The van der Waals surface area contributed by atoms with Crippen molar-refractivity contribution in [3.05, 3.63) is 64.7 Å². The van der Waals surface area contributed by atoms with Crippen LogP contribution in [0.15, 0.2) is 48.0 Å². The van der Waals surface area contributed by atoms with E-state index in [1.807, 2.05) is 19.1 Å². The molecule has 1 atom stereocenters. The Balaban J connectivity index is 0.00000256. The van der Waals surface area contributed by atoms with E-state index in [-0.39, 0.29) is 46.1 Å². The smallest absolute Gasteiger partial charge is 1.00 e. The van der Waals surface area contributed by atoms with E-state index in [0.29, 0.717) is 5.56 Å². The molecule has 0 aromatic heterocycles. The van der Waals surface area contributed by atoms with Gasteiger partial charge in [0.2, 0.25) is 0 Å². The average molecular weight is 585 g/mol. The van der Waals surface area contributed by atoms with Crippen LogP contribution in [0.25, 0.3) is 17.2 Å². The van der Waals surface area contributed by atoms with E-state index in [4.69, 9.17) is 0 Å². The van der Waals surface area contributed by atoms with Gasteiger partial charge in [-0.05, 0) is 0 Å². The molecule has 12 heteroatoms. The first-order chi connectivity index (χ1) is 13.6. The normalized spacial score (nSPS) is 16.6. The molecular weight excluding hydrogens is 573 g/mol.